The second-order valence-corrected chi connectivity index (χ2v) is 9.99. The van der Waals surface area contributed by atoms with Gasteiger partial charge in [0.25, 0.3) is 5.91 Å². The molecular formula is C16H11Cl5IN3OS. The maximum Gasteiger partial charge on any atom is 0.252 e. The molecule has 0 unspecified atom stereocenters. The van der Waals surface area contributed by atoms with Crippen LogP contribution in [0.5, 0.6) is 0 Å². The standard InChI is InChI=1S/C16H11Cl5IN3OS/c17-10-2-1-3-11(18)12(10)23-15(27)25-14(16(19,20)21)24-13(26)8-4-6-9(22)7-5-8/h1-7,14H,(H,24,26)(H2,23,25,27)/t14-/m1/s1. The third-order valence-corrected chi connectivity index (χ3v) is 5.41. The summed E-state index contributed by atoms with van der Waals surface area (Å²) in [6, 6.07) is 11.9. The van der Waals surface area contributed by atoms with Crippen LogP contribution in [0.15, 0.2) is 42.5 Å². The lowest BCUT2D eigenvalue weighted by atomic mass is 10.2. The van der Waals surface area contributed by atoms with E-state index in [1.54, 1.807) is 42.5 Å². The van der Waals surface area contributed by atoms with E-state index in [9.17, 15) is 4.79 Å². The van der Waals surface area contributed by atoms with E-state index in [-0.39, 0.29) is 5.11 Å². The highest BCUT2D eigenvalue weighted by atomic mass is 127. The van der Waals surface area contributed by atoms with Gasteiger partial charge in [0, 0.05) is 9.13 Å². The summed E-state index contributed by atoms with van der Waals surface area (Å²) >= 11 is 37.5. The summed E-state index contributed by atoms with van der Waals surface area (Å²) < 4.78 is -0.892. The van der Waals surface area contributed by atoms with Gasteiger partial charge in [-0.05, 0) is 71.2 Å². The summed E-state index contributed by atoms with van der Waals surface area (Å²) in [6.45, 7) is 0. The lowest BCUT2D eigenvalue weighted by Gasteiger charge is -2.28. The van der Waals surface area contributed by atoms with Crippen molar-refractivity contribution in [3.05, 3.63) is 61.6 Å². The van der Waals surface area contributed by atoms with Gasteiger partial charge in [-0.1, -0.05) is 64.1 Å². The Morgan fingerprint density at radius 3 is 2.07 bits per heavy atom. The van der Waals surface area contributed by atoms with Crippen LogP contribution in [0.25, 0.3) is 0 Å². The molecule has 0 aliphatic rings. The quantitative estimate of drug-likeness (QED) is 0.175. The second-order valence-electron chi connectivity index (χ2n) is 5.15. The molecule has 0 aromatic heterocycles. The molecule has 0 spiro atoms. The molecule has 0 aliphatic carbocycles. The number of carbonyl (C=O) groups excluding carboxylic acids is 1. The third-order valence-electron chi connectivity index (χ3n) is 3.19. The van der Waals surface area contributed by atoms with E-state index in [1.165, 1.54) is 0 Å². The molecule has 0 aliphatic heterocycles. The van der Waals surface area contributed by atoms with E-state index in [0.717, 1.165) is 3.57 Å². The molecule has 1 atom stereocenters. The first kappa shape index (κ1) is 23.1. The van der Waals surface area contributed by atoms with Crippen molar-refractivity contribution in [1.29, 1.82) is 0 Å². The zero-order valence-electron chi connectivity index (χ0n) is 13.2. The van der Waals surface area contributed by atoms with E-state index in [1.807, 2.05) is 0 Å². The maximum atomic E-state index is 12.4. The minimum atomic E-state index is -1.88. The Hall–Kier alpha value is -0.220. The summed E-state index contributed by atoms with van der Waals surface area (Å²) in [5, 5.41) is 8.95. The summed E-state index contributed by atoms with van der Waals surface area (Å²) in [5.41, 5.74) is 0.801. The minimum absolute atomic E-state index is 0.0595. The first-order valence-corrected chi connectivity index (χ1v) is 10.6. The normalized spacial score (nSPS) is 12.2. The first-order valence-electron chi connectivity index (χ1n) is 7.22. The first-order chi connectivity index (χ1) is 12.6. The SMILES string of the molecule is O=C(N[C@H](NC(=S)Nc1c(Cl)cccc1Cl)C(Cl)(Cl)Cl)c1ccc(I)cc1. The van der Waals surface area contributed by atoms with Crippen LogP contribution in [0.1, 0.15) is 10.4 Å². The third kappa shape index (κ3) is 6.96. The number of benzene rings is 2. The highest BCUT2D eigenvalue weighted by Gasteiger charge is 2.35. The molecule has 0 bridgehead atoms. The van der Waals surface area contributed by atoms with Crippen LogP contribution in [-0.2, 0) is 0 Å². The van der Waals surface area contributed by atoms with E-state index in [2.05, 4.69) is 38.5 Å². The van der Waals surface area contributed by atoms with Crippen molar-refractivity contribution in [1.82, 2.24) is 10.6 Å². The molecule has 3 N–H and O–H groups in total. The Balaban J connectivity index is 2.11. The van der Waals surface area contributed by atoms with Gasteiger partial charge in [0.1, 0.15) is 6.17 Å². The molecule has 11 heteroatoms. The van der Waals surface area contributed by atoms with Crippen LogP contribution in [0.2, 0.25) is 10.0 Å². The summed E-state index contributed by atoms with van der Waals surface area (Å²) in [4.78, 5) is 12.4. The van der Waals surface area contributed by atoms with Gasteiger partial charge in [0.2, 0.25) is 3.79 Å². The molecule has 1 amide bonds. The van der Waals surface area contributed by atoms with Gasteiger partial charge < -0.3 is 16.0 Å². The van der Waals surface area contributed by atoms with Gasteiger partial charge in [-0.15, -0.1) is 0 Å². The molecule has 2 aromatic rings. The topological polar surface area (TPSA) is 53.2 Å². The lowest BCUT2D eigenvalue weighted by molar-refractivity contribution is 0.0934. The van der Waals surface area contributed by atoms with Crippen LogP contribution in [0.3, 0.4) is 0 Å². The fourth-order valence-corrected chi connectivity index (χ4v) is 3.31. The van der Waals surface area contributed by atoms with Gasteiger partial charge >= 0.3 is 0 Å². The lowest BCUT2D eigenvalue weighted by Crippen LogP contribution is -2.56. The van der Waals surface area contributed by atoms with Crippen molar-refractivity contribution in [2.24, 2.45) is 0 Å². The van der Waals surface area contributed by atoms with Crippen molar-refractivity contribution in [3.8, 4) is 0 Å². The highest BCUT2D eigenvalue weighted by Crippen LogP contribution is 2.31. The number of alkyl halides is 3. The summed E-state index contributed by atoms with van der Waals surface area (Å²) in [6.07, 6.45) is -1.12. The van der Waals surface area contributed by atoms with Crippen molar-refractivity contribution >= 4 is 110 Å². The van der Waals surface area contributed by atoms with E-state index >= 15 is 0 Å². The minimum Gasteiger partial charge on any atom is -0.339 e. The molecule has 2 aromatic carbocycles. The molecule has 0 fully saturated rings. The zero-order valence-corrected chi connectivity index (χ0v) is 20.0. The number of carbonyl (C=O) groups is 1. The van der Waals surface area contributed by atoms with E-state index in [4.69, 9.17) is 70.2 Å². The Kier molecular flexibility index (Phi) is 8.54. The van der Waals surface area contributed by atoms with Gasteiger partial charge in [-0.2, -0.15) is 0 Å². The molecule has 2 rings (SSSR count). The number of thiocarbonyl (C=S) groups is 1. The van der Waals surface area contributed by atoms with Gasteiger partial charge in [-0.25, -0.2) is 0 Å². The summed E-state index contributed by atoms with van der Waals surface area (Å²) in [5.74, 6) is -0.436. The molecule has 27 heavy (non-hydrogen) atoms. The Morgan fingerprint density at radius 2 is 1.56 bits per heavy atom. The second kappa shape index (κ2) is 10.0. The number of hydrogen-bond donors (Lipinski definition) is 3. The van der Waals surface area contributed by atoms with Gasteiger partial charge in [0.05, 0.1) is 15.7 Å². The number of amides is 1. The van der Waals surface area contributed by atoms with Crippen LogP contribution in [-0.4, -0.2) is 21.0 Å². The smallest absolute Gasteiger partial charge is 0.252 e. The Morgan fingerprint density at radius 1 is 1.00 bits per heavy atom. The molecule has 4 nitrogen and oxygen atoms in total. The molecular weight excluding hydrogens is 586 g/mol. The molecule has 0 saturated heterocycles. The van der Waals surface area contributed by atoms with Crippen LogP contribution in [0, 0.1) is 3.57 Å². The van der Waals surface area contributed by atoms with Crippen LogP contribution >= 0.6 is 92.8 Å². The van der Waals surface area contributed by atoms with Crippen molar-refractivity contribution in [3.63, 3.8) is 0 Å². The zero-order chi connectivity index (χ0) is 20.2. The molecule has 0 radical (unpaired) electrons. The number of hydrogen-bond acceptors (Lipinski definition) is 2. The Bertz CT molecular complexity index is 825. The average molecular weight is 598 g/mol. The number of para-hydroxylation sites is 1. The largest absolute Gasteiger partial charge is 0.339 e. The monoisotopic (exact) mass is 595 g/mol. The van der Waals surface area contributed by atoms with E-state index in [0.29, 0.717) is 21.3 Å². The van der Waals surface area contributed by atoms with Crippen molar-refractivity contribution in [2.45, 2.75) is 9.96 Å². The fraction of sp³-hybridized carbons (Fsp3) is 0.125. The number of nitrogens with one attached hydrogen (secondary N) is 3. The number of rotatable bonds is 4. The van der Waals surface area contributed by atoms with Crippen LogP contribution < -0.4 is 16.0 Å². The van der Waals surface area contributed by atoms with Crippen molar-refractivity contribution in [2.75, 3.05) is 5.32 Å². The average Bonchev–Trinajstić information content (AvgIpc) is 2.57. The summed E-state index contributed by atoms with van der Waals surface area (Å²) in [7, 11) is 0. The van der Waals surface area contributed by atoms with Gasteiger partial charge in [-0.3, -0.25) is 4.79 Å². The maximum absolute atomic E-state index is 12.4. The predicted molar refractivity (Wildman–Crippen MR) is 127 cm³/mol. The predicted octanol–water partition coefficient (Wildman–Crippen LogP) is 6.01. The van der Waals surface area contributed by atoms with Crippen LogP contribution in [0.4, 0.5) is 5.69 Å². The molecule has 144 valence electrons. The Labute approximate surface area is 200 Å². The number of halogens is 6. The molecule has 0 saturated carbocycles. The van der Waals surface area contributed by atoms with Crippen molar-refractivity contribution < 1.29 is 4.79 Å². The highest BCUT2D eigenvalue weighted by molar-refractivity contribution is 14.1. The fourth-order valence-electron chi connectivity index (χ4n) is 1.91. The number of anilines is 1. The van der Waals surface area contributed by atoms with E-state index < -0.39 is 15.9 Å². The molecule has 0 heterocycles. The van der Waals surface area contributed by atoms with Gasteiger partial charge in [0.15, 0.2) is 5.11 Å².